The van der Waals surface area contributed by atoms with Crippen LogP contribution in [0.5, 0.6) is 0 Å². The first-order chi connectivity index (χ1) is 7.66. The number of aromatic nitrogens is 2. The Kier molecular flexibility index (Phi) is 1.99. The number of carbonyl (C=O) groups is 1. The van der Waals surface area contributed by atoms with Gasteiger partial charge < -0.3 is 0 Å². The smallest absolute Gasteiger partial charge is 0.228 e. The number of hydrogen-bond acceptors (Lipinski definition) is 3. The van der Waals surface area contributed by atoms with Gasteiger partial charge in [-0.25, -0.2) is 9.97 Å². The minimum atomic E-state index is 0.160. The highest BCUT2D eigenvalue weighted by Gasteiger charge is 2.31. The lowest BCUT2D eigenvalue weighted by molar-refractivity contribution is -0.118. The van der Waals surface area contributed by atoms with Gasteiger partial charge in [0.2, 0.25) is 5.91 Å². The van der Waals surface area contributed by atoms with Gasteiger partial charge in [0.05, 0.1) is 0 Å². The minimum Gasteiger partial charge on any atom is -0.300 e. The maximum Gasteiger partial charge on any atom is 0.228 e. The average molecular weight is 217 g/mol. The lowest BCUT2D eigenvalue weighted by Gasteiger charge is -2.25. The summed E-state index contributed by atoms with van der Waals surface area (Å²) in [5.74, 6) is 2.46. The highest BCUT2D eigenvalue weighted by atomic mass is 16.2. The number of hydrogen-bond donors (Lipinski definition) is 0. The summed E-state index contributed by atoms with van der Waals surface area (Å²) in [6.45, 7) is 2.02. The molecule has 1 saturated carbocycles. The Labute approximate surface area is 94.7 Å². The maximum atomic E-state index is 11.6. The third kappa shape index (κ3) is 1.40. The molecule has 1 aliphatic heterocycles. The molecule has 0 saturated heterocycles. The number of anilines is 1. The van der Waals surface area contributed by atoms with E-state index in [2.05, 4.69) is 9.97 Å². The van der Waals surface area contributed by atoms with E-state index in [0.29, 0.717) is 12.3 Å². The highest BCUT2D eigenvalue weighted by Crippen LogP contribution is 2.39. The quantitative estimate of drug-likeness (QED) is 0.717. The molecule has 1 amide bonds. The van der Waals surface area contributed by atoms with Crippen LogP contribution < -0.4 is 4.90 Å². The first kappa shape index (κ1) is 9.75. The largest absolute Gasteiger partial charge is 0.300 e. The van der Waals surface area contributed by atoms with Crippen LogP contribution >= 0.6 is 0 Å². The second-order valence-electron chi connectivity index (χ2n) is 4.70. The summed E-state index contributed by atoms with van der Waals surface area (Å²) < 4.78 is 0. The van der Waals surface area contributed by atoms with Crippen molar-refractivity contribution in [1.82, 2.24) is 9.97 Å². The van der Waals surface area contributed by atoms with Crippen LogP contribution in [0.15, 0.2) is 0 Å². The van der Waals surface area contributed by atoms with Crippen molar-refractivity contribution in [3.63, 3.8) is 0 Å². The third-order valence-corrected chi connectivity index (χ3v) is 3.43. The Balaban J connectivity index is 2.11. The van der Waals surface area contributed by atoms with E-state index < -0.39 is 0 Å². The molecular weight excluding hydrogens is 202 g/mol. The zero-order chi connectivity index (χ0) is 11.3. The van der Waals surface area contributed by atoms with Crippen LogP contribution in [-0.2, 0) is 11.2 Å². The summed E-state index contributed by atoms with van der Waals surface area (Å²) in [5, 5.41) is 0. The van der Waals surface area contributed by atoms with Crippen molar-refractivity contribution >= 4 is 11.7 Å². The van der Waals surface area contributed by atoms with Crippen LogP contribution in [0.25, 0.3) is 0 Å². The first-order valence-corrected chi connectivity index (χ1v) is 5.81. The van der Waals surface area contributed by atoms with E-state index in [1.165, 1.54) is 12.8 Å². The fourth-order valence-electron chi connectivity index (χ4n) is 2.21. The molecule has 0 bridgehead atoms. The van der Waals surface area contributed by atoms with Gasteiger partial charge in [-0.1, -0.05) is 0 Å². The number of carbonyl (C=O) groups excluding carboxylic acids is 1. The minimum absolute atomic E-state index is 0.160. The zero-order valence-electron chi connectivity index (χ0n) is 9.66. The summed E-state index contributed by atoms with van der Waals surface area (Å²) in [7, 11) is 1.81. The third-order valence-electron chi connectivity index (χ3n) is 3.43. The van der Waals surface area contributed by atoms with E-state index in [0.717, 1.165) is 29.3 Å². The van der Waals surface area contributed by atoms with Gasteiger partial charge in [0.1, 0.15) is 11.6 Å². The van der Waals surface area contributed by atoms with Crippen LogP contribution in [0.1, 0.15) is 42.3 Å². The molecule has 0 unspecified atom stereocenters. The lowest BCUT2D eigenvalue weighted by atomic mass is 10.0. The maximum absolute atomic E-state index is 11.6. The summed E-state index contributed by atoms with van der Waals surface area (Å²) in [6.07, 6.45) is 3.75. The lowest BCUT2D eigenvalue weighted by Crippen LogP contribution is -2.33. The molecule has 0 N–H and O–H groups in total. The number of amides is 1. The Morgan fingerprint density at radius 2 is 2.00 bits per heavy atom. The van der Waals surface area contributed by atoms with E-state index in [9.17, 15) is 4.79 Å². The summed E-state index contributed by atoms with van der Waals surface area (Å²) in [6, 6.07) is 0. The van der Waals surface area contributed by atoms with E-state index in [-0.39, 0.29) is 5.91 Å². The molecule has 2 heterocycles. The molecule has 0 atom stereocenters. The molecule has 1 fully saturated rings. The van der Waals surface area contributed by atoms with Crippen molar-refractivity contribution in [3.8, 4) is 0 Å². The molecule has 0 spiro atoms. The van der Waals surface area contributed by atoms with Crippen molar-refractivity contribution in [3.05, 3.63) is 17.1 Å². The van der Waals surface area contributed by atoms with Gasteiger partial charge in [0, 0.05) is 30.6 Å². The van der Waals surface area contributed by atoms with Crippen molar-refractivity contribution in [2.24, 2.45) is 0 Å². The molecule has 84 valence electrons. The number of fused-ring (bicyclic) bond motifs is 1. The van der Waals surface area contributed by atoms with E-state index >= 15 is 0 Å². The second kappa shape index (κ2) is 3.27. The summed E-state index contributed by atoms with van der Waals surface area (Å²) in [5.41, 5.74) is 2.19. The van der Waals surface area contributed by atoms with E-state index in [1.807, 2.05) is 14.0 Å². The summed E-state index contributed by atoms with van der Waals surface area (Å²) in [4.78, 5) is 22.4. The Morgan fingerprint density at radius 1 is 1.25 bits per heavy atom. The molecule has 0 aromatic carbocycles. The van der Waals surface area contributed by atoms with Crippen molar-refractivity contribution in [1.29, 1.82) is 0 Å². The molecule has 3 rings (SSSR count). The van der Waals surface area contributed by atoms with Gasteiger partial charge in [-0.2, -0.15) is 0 Å². The standard InChI is InChI=1S/C12H15N3O/c1-7-9-5-6-10(16)15(2)12(9)14-11(13-7)8-3-4-8/h8H,3-6H2,1-2H3. The molecule has 1 aliphatic carbocycles. The fraction of sp³-hybridized carbons (Fsp3) is 0.583. The van der Waals surface area contributed by atoms with Crippen molar-refractivity contribution in [2.45, 2.75) is 38.5 Å². The second-order valence-corrected chi connectivity index (χ2v) is 4.70. The predicted molar refractivity (Wildman–Crippen MR) is 60.5 cm³/mol. The van der Waals surface area contributed by atoms with Gasteiger partial charge in [-0.05, 0) is 26.2 Å². The van der Waals surface area contributed by atoms with Gasteiger partial charge in [0.25, 0.3) is 0 Å². The monoisotopic (exact) mass is 217 g/mol. The van der Waals surface area contributed by atoms with Crippen LogP contribution in [0.3, 0.4) is 0 Å². The zero-order valence-corrected chi connectivity index (χ0v) is 9.66. The fourth-order valence-corrected chi connectivity index (χ4v) is 2.21. The topological polar surface area (TPSA) is 46.1 Å². The molecule has 1 aromatic heterocycles. The highest BCUT2D eigenvalue weighted by molar-refractivity contribution is 5.94. The van der Waals surface area contributed by atoms with Crippen molar-refractivity contribution in [2.75, 3.05) is 11.9 Å². The van der Waals surface area contributed by atoms with Gasteiger partial charge in [0.15, 0.2) is 0 Å². The average Bonchev–Trinajstić information content (AvgIpc) is 3.07. The Morgan fingerprint density at radius 3 is 2.69 bits per heavy atom. The Hall–Kier alpha value is -1.45. The molecule has 4 heteroatoms. The van der Waals surface area contributed by atoms with Crippen LogP contribution in [0, 0.1) is 6.92 Å². The van der Waals surface area contributed by atoms with Crippen molar-refractivity contribution < 1.29 is 4.79 Å². The van der Waals surface area contributed by atoms with Gasteiger partial charge in [-0.3, -0.25) is 9.69 Å². The van der Waals surface area contributed by atoms with Crippen LogP contribution in [0.2, 0.25) is 0 Å². The Bertz CT molecular complexity index is 466. The molecule has 1 aromatic rings. The number of nitrogens with zero attached hydrogens (tertiary/aromatic N) is 3. The van der Waals surface area contributed by atoms with Crippen LogP contribution in [-0.4, -0.2) is 22.9 Å². The molecule has 16 heavy (non-hydrogen) atoms. The van der Waals surface area contributed by atoms with E-state index in [1.54, 1.807) is 4.90 Å². The van der Waals surface area contributed by atoms with E-state index in [4.69, 9.17) is 0 Å². The normalized spacial score (nSPS) is 19.9. The first-order valence-electron chi connectivity index (χ1n) is 5.81. The molecule has 4 nitrogen and oxygen atoms in total. The molecule has 0 radical (unpaired) electrons. The summed E-state index contributed by atoms with van der Waals surface area (Å²) >= 11 is 0. The predicted octanol–water partition coefficient (Wildman–Crippen LogP) is 1.57. The van der Waals surface area contributed by atoms with Gasteiger partial charge in [-0.15, -0.1) is 0 Å². The number of aryl methyl sites for hydroxylation is 1. The molecule has 2 aliphatic rings. The van der Waals surface area contributed by atoms with Gasteiger partial charge >= 0.3 is 0 Å². The van der Waals surface area contributed by atoms with Crippen LogP contribution in [0.4, 0.5) is 5.82 Å². The SMILES string of the molecule is Cc1nc(C2CC2)nc2c1CCC(=O)N2C. The molecular formula is C12H15N3O. The number of rotatable bonds is 1.